The fourth-order valence-electron chi connectivity index (χ4n) is 5.89. The van der Waals surface area contributed by atoms with Gasteiger partial charge in [0.15, 0.2) is 4.80 Å². The van der Waals surface area contributed by atoms with E-state index >= 15 is 0 Å². The van der Waals surface area contributed by atoms with Crippen molar-refractivity contribution in [3.63, 3.8) is 0 Å². The van der Waals surface area contributed by atoms with Gasteiger partial charge in [-0.1, -0.05) is 121 Å². The van der Waals surface area contributed by atoms with Crippen molar-refractivity contribution in [3.8, 4) is 11.3 Å². The lowest BCUT2D eigenvalue weighted by Gasteiger charge is -2.25. The minimum Gasteiger partial charge on any atom is -0.463 e. The number of H-pyrrole nitrogens is 1. The van der Waals surface area contributed by atoms with Crippen LogP contribution >= 0.6 is 11.3 Å². The first-order chi connectivity index (χ1) is 21.5. The number of hydrogen-bond acceptors (Lipinski definition) is 5. The lowest BCUT2D eigenvalue weighted by molar-refractivity contribution is -0.138. The van der Waals surface area contributed by atoms with E-state index in [1.165, 1.54) is 11.3 Å². The molecule has 1 N–H and O–H groups in total. The van der Waals surface area contributed by atoms with Gasteiger partial charge < -0.3 is 9.72 Å². The van der Waals surface area contributed by atoms with Crippen LogP contribution in [0.25, 0.3) is 33.9 Å². The van der Waals surface area contributed by atoms with Gasteiger partial charge in [0.05, 0.1) is 34.1 Å². The first-order valence-electron chi connectivity index (χ1n) is 14.5. The number of thiazole rings is 1. The first kappa shape index (κ1) is 27.6. The summed E-state index contributed by atoms with van der Waals surface area (Å²) in [6.07, 6.45) is 1.96. The fraction of sp³-hybridized carbons (Fsp3) is 0.108. The van der Waals surface area contributed by atoms with Crippen LogP contribution in [0.5, 0.6) is 0 Å². The Morgan fingerprint density at radius 2 is 1.57 bits per heavy atom. The Morgan fingerprint density at radius 1 is 0.909 bits per heavy atom. The average Bonchev–Trinajstić information content (AvgIpc) is 3.59. The van der Waals surface area contributed by atoms with Crippen molar-refractivity contribution in [2.24, 2.45) is 4.99 Å². The number of benzene rings is 4. The second-order valence-corrected chi connectivity index (χ2v) is 11.6. The van der Waals surface area contributed by atoms with Gasteiger partial charge in [0.1, 0.15) is 0 Å². The van der Waals surface area contributed by atoms with E-state index in [9.17, 15) is 9.59 Å². The maximum atomic E-state index is 14.4. The quantitative estimate of drug-likeness (QED) is 0.227. The molecule has 0 fully saturated rings. The van der Waals surface area contributed by atoms with Crippen LogP contribution in [0.1, 0.15) is 35.2 Å². The van der Waals surface area contributed by atoms with Crippen LogP contribution in [-0.2, 0) is 9.53 Å². The van der Waals surface area contributed by atoms with Crippen LogP contribution < -0.4 is 14.9 Å². The molecule has 2 aromatic heterocycles. The van der Waals surface area contributed by atoms with Gasteiger partial charge in [-0.3, -0.25) is 9.36 Å². The Balaban J connectivity index is 1.53. The van der Waals surface area contributed by atoms with Crippen LogP contribution in [0.15, 0.2) is 125 Å². The molecule has 1 aliphatic heterocycles. The number of nitrogens with zero attached hydrogens (tertiary/aromatic N) is 2. The molecule has 216 valence electrons. The maximum absolute atomic E-state index is 14.4. The molecule has 6 aromatic rings. The standard InChI is InChI=1S/C37H29N3O3S/c1-3-43-36(42)30-33(25-17-9-5-10-18-25)39-37-40(34(30)26-19-11-6-12-20-26)35(41)29(44-37)22-28-27-21-13-14-23(2)31(27)38-32(28)24-15-7-4-8-16-24/h4-22,34,38H,3H2,1-2H3/b29-22+/t34-/m0/s1. The Hall–Kier alpha value is -5.27. The highest BCUT2D eigenvalue weighted by Gasteiger charge is 2.35. The summed E-state index contributed by atoms with van der Waals surface area (Å²) in [6.45, 7) is 4.06. The SMILES string of the molecule is CCOC(=O)C1=C(c2ccccc2)N=c2s/c(=C/c3c(-c4ccccc4)[nH]c4c(C)cccc34)c(=O)n2[C@H]1c1ccccc1. The zero-order valence-corrected chi connectivity index (χ0v) is 25.1. The third-order valence-corrected chi connectivity index (χ3v) is 8.89. The summed E-state index contributed by atoms with van der Waals surface area (Å²) in [6, 6.07) is 34.8. The molecule has 0 saturated carbocycles. The summed E-state index contributed by atoms with van der Waals surface area (Å²) in [4.78, 5) is 37.2. The maximum Gasteiger partial charge on any atom is 0.338 e. The number of fused-ring (bicyclic) bond motifs is 2. The molecule has 6 nitrogen and oxygen atoms in total. The molecule has 4 aromatic carbocycles. The van der Waals surface area contributed by atoms with Crippen LogP contribution in [0.4, 0.5) is 0 Å². The molecule has 1 atom stereocenters. The number of ether oxygens (including phenoxy) is 1. The fourth-order valence-corrected chi connectivity index (χ4v) is 6.87. The Bertz CT molecular complexity index is 2230. The van der Waals surface area contributed by atoms with E-state index in [0.29, 0.717) is 20.6 Å². The molecule has 0 bridgehead atoms. The van der Waals surface area contributed by atoms with Gasteiger partial charge in [0.25, 0.3) is 5.56 Å². The predicted molar refractivity (Wildman–Crippen MR) is 176 cm³/mol. The predicted octanol–water partition coefficient (Wildman–Crippen LogP) is 6.39. The molecular formula is C37H29N3O3S. The molecule has 7 rings (SSSR count). The number of carbonyl (C=O) groups excluding carboxylic acids is 1. The van der Waals surface area contributed by atoms with Gasteiger partial charge in [-0.05, 0) is 36.6 Å². The summed E-state index contributed by atoms with van der Waals surface area (Å²) in [5.41, 5.74) is 7.29. The molecule has 0 amide bonds. The van der Waals surface area contributed by atoms with Crippen molar-refractivity contribution in [2.75, 3.05) is 6.61 Å². The number of aromatic amines is 1. The number of aryl methyl sites for hydroxylation is 1. The van der Waals surface area contributed by atoms with E-state index in [-0.39, 0.29) is 12.2 Å². The van der Waals surface area contributed by atoms with Gasteiger partial charge >= 0.3 is 5.97 Å². The summed E-state index contributed by atoms with van der Waals surface area (Å²) >= 11 is 1.33. The average molecular weight is 596 g/mol. The number of nitrogens with one attached hydrogen (secondary N) is 1. The van der Waals surface area contributed by atoms with Crippen molar-refractivity contribution >= 4 is 40.0 Å². The highest BCUT2D eigenvalue weighted by molar-refractivity contribution is 7.07. The number of rotatable bonds is 6. The number of para-hydroxylation sites is 1. The molecule has 44 heavy (non-hydrogen) atoms. The van der Waals surface area contributed by atoms with E-state index in [0.717, 1.165) is 44.4 Å². The second kappa shape index (κ2) is 11.4. The first-order valence-corrected chi connectivity index (χ1v) is 15.4. The zero-order valence-electron chi connectivity index (χ0n) is 24.3. The summed E-state index contributed by atoms with van der Waals surface area (Å²) < 4.78 is 7.75. The number of hydrogen-bond donors (Lipinski definition) is 1. The molecule has 0 aliphatic carbocycles. The summed E-state index contributed by atoms with van der Waals surface area (Å²) in [5, 5.41) is 1.03. The molecule has 3 heterocycles. The largest absolute Gasteiger partial charge is 0.463 e. The van der Waals surface area contributed by atoms with Crippen LogP contribution in [0, 0.1) is 6.92 Å². The van der Waals surface area contributed by atoms with Gasteiger partial charge in [-0.2, -0.15) is 0 Å². The minimum absolute atomic E-state index is 0.207. The Morgan fingerprint density at radius 3 is 2.25 bits per heavy atom. The molecule has 0 spiro atoms. The van der Waals surface area contributed by atoms with Crippen molar-refractivity contribution < 1.29 is 9.53 Å². The van der Waals surface area contributed by atoms with Crippen molar-refractivity contribution in [3.05, 3.63) is 157 Å². The van der Waals surface area contributed by atoms with Gasteiger partial charge in [-0.15, -0.1) is 0 Å². The minimum atomic E-state index is -0.706. The van der Waals surface area contributed by atoms with E-state index in [2.05, 4.69) is 36.2 Å². The van der Waals surface area contributed by atoms with Crippen molar-refractivity contribution in [2.45, 2.75) is 19.9 Å². The second-order valence-electron chi connectivity index (χ2n) is 10.6. The number of esters is 1. The molecule has 7 heteroatoms. The van der Waals surface area contributed by atoms with Gasteiger partial charge in [0, 0.05) is 22.0 Å². The van der Waals surface area contributed by atoms with Gasteiger partial charge in [-0.25, -0.2) is 9.79 Å². The highest BCUT2D eigenvalue weighted by atomic mass is 32.1. The van der Waals surface area contributed by atoms with Crippen LogP contribution in [0.3, 0.4) is 0 Å². The van der Waals surface area contributed by atoms with E-state index < -0.39 is 12.0 Å². The van der Waals surface area contributed by atoms with Crippen molar-refractivity contribution in [1.29, 1.82) is 0 Å². The van der Waals surface area contributed by atoms with Gasteiger partial charge in [0.2, 0.25) is 0 Å². The normalized spacial score (nSPS) is 14.9. The molecule has 0 unspecified atom stereocenters. The van der Waals surface area contributed by atoms with Crippen LogP contribution in [0.2, 0.25) is 0 Å². The third-order valence-electron chi connectivity index (χ3n) is 7.91. The monoisotopic (exact) mass is 595 g/mol. The third kappa shape index (κ3) is 4.71. The number of aromatic nitrogens is 2. The molecule has 0 radical (unpaired) electrons. The van der Waals surface area contributed by atoms with E-state index in [4.69, 9.17) is 9.73 Å². The smallest absolute Gasteiger partial charge is 0.338 e. The number of carbonyl (C=O) groups is 1. The van der Waals surface area contributed by atoms with E-state index in [1.807, 2.05) is 91.0 Å². The molecule has 1 aliphatic rings. The lowest BCUT2D eigenvalue weighted by Crippen LogP contribution is -2.40. The summed E-state index contributed by atoms with van der Waals surface area (Å²) in [7, 11) is 0. The molecule has 0 saturated heterocycles. The molecular weight excluding hydrogens is 566 g/mol. The zero-order chi connectivity index (χ0) is 30.2. The van der Waals surface area contributed by atoms with Crippen LogP contribution in [-0.4, -0.2) is 22.1 Å². The Kier molecular flexibility index (Phi) is 7.16. The lowest BCUT2D eigenvalue weighted by atomic mass is 9.93. The summed E-state index contributed by atoms with van der Waals surface area (Å²) in [5.74, 6) is -0.489. The van der Waals surface area contributed by atoms with Crippen molar-refractivity contribution in [1.82, 2.24) is 9.55 Å². The highest BCUT2D eigenvalue weighted by Crippen LogP contribution is 2.36. The van der Waals surface area contributed by atoms with E-state index in [1.54, 1.807) is 11.5 Å². The Labute approximate surface area is 257 Å². The topological polar surface area (TPSA) is 76.4 Å².